The maximum Gasteiger partial charge on any atom is 0.261 e. The van der Waals surface area contributed by atoms with E-state index in [4.69, 9.17) is 0 Å². The SMILES string of the molecule is Cc1cc(C)c(C(=O)N2CCCN(CCCc3ccccc3)CC2)c(=O)[nH]1. The first-order valence-electron chi connectivity index (χ1n) is 9.80. The predicted molar refractivity (Wildman–Crippen MR) is 108 cm³/mol. The summed E-state index contributed by atoms with van der Waals surface area (Å²) in [6, 6.07) is 12.4. The van der Waals surface area contributed by atoms with Crippen LogP contribution >= 0.6 is 0 Å². The Bertz CT molecular complexity index is 829. The van der Waals surface area contributed by atoms with Gasteiger partial charge in [0.2, 0.25) is 0 Å². The number of hydrogen-bond donors (Lipinski definition) is 1. The van der Waals surface area contributed by atoms with Crippen LogP contribution in [-0.4, -0.2) is 53.4 Å². The van der Waals surface area contributed by atoms with E-state index in [-0.39, 0.29) is 17.0 Å². The summed E-state index contributed by atoms with van der Waals surface area (Å²) in [5, 5.41) is 0. The van der Waals surface area contributed by atoms with Crippen molar-refractivity contribution in [2.24, 2.45) is 0 Å². The number of carbonyl (C=O) groups is 1. The molecule has 2 aromatic rings. The van der Waals surface area contributed by atoms with Gasteiger partial charge in [-0.15, -0.1) is 0 Å². The van der Waals surface area contributed by atoms with E-state index < -0.39 is 0 Å². The van der Waals surface area contributed by atoms with Gasteiger partial charge in [-0.25, -0.2) is 0 Å². The van der Waals surface area contributed by atoms with Crippen LogP contribution in [0.15, 0.2) is 41.2 Å². The summed E-state index contributed by atoms with van der Waals surface area (Å²) in [5.41, 5.74) is 2.93. The quantitative estimate of drug-likeness (QED) is 0.884. The minimum Gasteiger partial charge on any atom is -0.337 e. The fourth-order valence-electron chi connectivity index (χ4n) is 3.83. The van der Waals surface area contributed by atoms with E-state index in [1.807, 2.05) is 30.9 Å². The zero-order chi connectivity index (χ0) is 19.2. The number of nitrogens with zero attached hydrogens (tertiary/aromatic N) is 2. The molecule has 1 aromatic heterocycles. The minimum absolute atomic E-state index is 0.139. The molecule has 0 saturated carbocycles. The number of aryl methyl sites for hydroxylation is 3. The van der Waals surface area contributed by atoms with Crippen LogP contribution in [0.1, 0.15) is 40.0 Å². The standard InChI is InChI=1S/C22H29N3O2/c1-17-16-18(2)23-21(26)20(17)22(27)25-13-7-12-24(14-15-25)11-6-10-19-8-4-3-5-9-19/h3-5,8-9,16H,6-7,10-15H2,1-2H3,(H,23,26). The zero-order valence-corrected chi connectivity index (χ0v) is 16.3. The number of amides is 1. The van der Waals surface area contributed by atoms with E-state index >= 15 is 0 Å². The molecule has 0 aliphatic carbocycles. The van der Waals surface area contributed by atoms with Crippen molar-refractivity contribution in [1.82, 2.24) is 14.8 Å². The lowest BCUT2D eigenvalue weighted by Gasteiger charge is -2.22. The Balaban J connectivity index is 1.55. The molecule has 27 heavy (non-hydrogen) atoms. The summed E-state index contributed by atoms with van der Waals surface area (Å²) in [5.74, 6) is -0.139. The molecule has 1 amide bonds. The number of H-pyrrole nitrogens is 1. The Morgan fingerprint density at radius 3 is 2.59 bits per heavy atom. The van der Waals surface area contributed by atoms with E-state index in [0.717, 1.165) is 50.2 Å². The molecular weight excluding hydrogens is 338 g/mol. The molecule has 1 fully saturated rings. The van der Waals surface area contributed by atoms with Crippen LogP contribution < -0.4 is 5.56 Å². The van der Waals surface area contributed by atoms with Gasteiger partial charge in [0.1, 0.15) is 5.56 Å². The van der Waals surface area contributed by atoms with Crippen LogP contribution in [0.25, 0.3) is 0 Å². The van der Waals surface area contributed by atoms with Crippen LogP contribution in [0, 0.1) is 13.8 Å². The number of rotatable bonds is 5. The van der Waals surface area contributed by atoms with Gasteiger partial charge < -0.3 is 14.8 Å². The smallest absolute Gasteiger partial charge is 0.261 e. The first kappa shape index (κ1) is 19.4. The van der Waals surface area contributed by atoms with Crippen LogP contribution in [0.2, 0.25) is 0 Å². The summed E-state index contributed by atoms with van der Waals surface area (Å²) in [6.07, 6.45) is 3.15. The molecule has 0 radical (unpaired) electrons. The molecule has 3 rings (SSSR count). The van der Waals surface area contributed by atoms with Gasteiger partial charge in [0.15, 0.2) is 0 Å². The van der Waals surface area contributed by atoms with Crippen molar-refractivity contribution >= 4 is 5.91 Å². The third kappa shape index (κ3) is 5.07. The van der Waals surface area contributed by atoms with Crippen LogP contribution in [0.4, 0.5) is 0 Å². The molecule has 1 aromatic carbocycles. The zero-order valence-electron chi connectivity index (χ0n) is 16.3. The van der Waals surface area contributed by atoms with Crippen molar-refractivity contribution in [3.05, 3.63) is 69.1 Å². The Morgan fingerprint density at radius 2 is 1.85 bits per heavy atom. The lowest BCUT2D eigenvalue weighted by Crippen LogP contribution is -2.38. The lowest BCUT2D eigenvalue weighted by atomic mass is 10.1. The number of aromatic nitrogens is 1. The van der Waals surface area contributed by atoms with Gasteiger partial charge >= 0.3 is 0 Å². The first-order chi connectivity index (χ1) is 13.0. The minimum atomic E-state index is -0.276. The van der Waals surface area contributed by atoms with Gasteiger partial charge in [-0.2, -0.15) is 0 Å². The molecule has 144 valence electrons. The van der Waals surface area contributed by atoms with Crippen LogP contribution in [0.5, 0.6) is 0 Å². The fraction of sp³-hybridized carbons (Fsp3) is 0.455. The van der Waals surface area contributed by atoms with Crippen molar-refractivity contribution in [2.45, 2.75) is 33.1 Å². The Kier molecular flexibility index (Phi) is 6.45. The fourth-order valence-corrected chi connectivity index (χ4v) is 3.83. The summed E-state index contributed by atoms with van der Waals surface area (Å²) in [4.78, 5) is 32.2. The highest BCUT2D eigenvalue weighted by Gasteiger charge is 2.23. The molecule has 2 heterocycles. The van der Waals surface area contributed by atoms with Gasteiger partial charge in [-0.1, -0.05) is 30.3 Å². The van der Waals surface area contributed by atoms with Gasteiger partial charge in [0, 0.05) is 25.3 Å². The maximum absolute atomic E-state index is 12.9. The molecule has 0 unspecified atom stereocenters. The topological polar surface area (TPSA) is 56.4 Å². The van der Waals surface area contributed by atoms with E-state index in [1.54, 1.807) is 0 Å². The van der Waals surface area contributed by atoms with Gasteiger partial charge in [0.25, 0.3) is 11.5 Å². The maximum atomic E-state index is 12.9. The lowest BCUT2D eigenvalue weighted by molar-refractivity contribution is 0.0759. The third-order valence-corrected chi connectivity index (χ3v) is 5.24. The van der Waals surface area contributed by atoms with E-state index in [1.165, 1.54) is 5.56 Å². The number of nitrogens with one attached hydrogen (secondary N) is 1. The Labute approximate surface area is 161 Å². The van der Waals surface area contributed by atoms with Crippen LogP contribution in [0.3, 0.4) is 0 Å². The number of hydrogen-bond acceptors (Lipinski definition) is 3. The number of benzene rings is 1. The second kappa shape index (κ2) is 9.00. The highest BCUT2D eigenvalue weighted by molar-refractivity contribution is 5.95. The summed E-state index contributed by atoms with van der Waals surface area (Å²) < 4.78 is 0. The van der Waals surface area contributed by atoms with Crippen LogP contribution in [-0.2, 0) is 6.42 Å². The molecule has 1 saturated heterocycles. The Hall–Kier alpha value is -2.40. The van der Waals surface area contributed by atoms with Crippen molar-refractivity contribution in [1.29, 1.82) is 0 Å². The molecule has 0 bridgehead atoms. The van der Waals surface area contributed by atoms with E-state index in [9.17, 15) is 9.59 Å². The second-order valence-corrected chi connectivity index (χ2v) is 7.42. The first-order valence-corrected chi connectivity index (χ1v) is 9.80. The largest absolute Gasteiger partial charge is 0.337 e. The van der Waals surface area contributed by atoms with Gasteiger partial charge in [-0.3, -0.25) is 9.59 Å². The van der Waals surface area contributed by atoms with Gasteiger partial charge in [0.05, 0.1) is 0 Å². The predicted octanol–water partition coefficient (Wildman–Crippen LogP) is 2.77. The molecule has 0 atom stereocenters. The molecule has 1 aliphatic heterocycles. The molecule has 5 heteroatoms. The molecular formula is C22H29N3O2. The number of pyridine rings is 1. The van der Waals surface area contributed by atoms with Crippen molar-refractivity contribution < 1.29 is 4.79 Å². The average molecular weight is 367 g/mol. The van der Waals surface area contributed by atoms with Gasteiger partial charge in [-0.05, 0) is 63.4 Å². The number of carbonyl (C=O) groups excluding carboxylic acids is 1. The summed E-state index contributed by atoms with van der Waals surface area (Å²) in [6.45, 7) is 7.97. The van der Waals surface area contributed by atoms with Crippen molar-refractivity contribution in [3.63, 3.8) is 0 Å². The summed E-state index contributed by atoms with van der Waals surface area (Å²) >= 11 is 0. The molecule has 5 nitrogen and oxygen atoms in total. The average Bonchev–Trinajstić information content (AvgIpc) is 2.87. The monoisotopic (exact) mass is 367 g/mol. The highest BCUT2D eigenvalue weighted by atomic mass is 16.2. The Morgan fingerprint density at radius 1 is 1.07 bits per heavy atom. The highest BCUT2D eigenvalue weighted by Crippen LogP contribution is 2.12. The molecule has 1 N–H and O–H groups in total. The normalized spacial score (nSPS) is 15.6. The number of aromatic amines is 1. The molecule has 0 spiro atoms. The molecule has 1 aliphatic rings. The van der Waals surface area contributed by atoms with Crippen molar-refractivity contribution in [3.8, 4) is 0 Å². The van der Waals surface area contributed by atoms with Crippen molar-refractivity contribution in [2.75, 3.05) is 32.7 Å². The van der Waals surface area contributed by atoms with E-state index in [0.29, 0.717) is 13.1 Å². The second-order valence-electron chi connectivity index (χ2n) is 7.42. The summed E-state index contributed by atoms with van der Waals surface area (Å²) in [7, 11) is 0. The third-order valence-electron chi connectivity index (χ3n) is 5.24. The van der Waals surface area contributed by atoms with E-state index in [2.05, 4.69) is 34.1 Å².